The maximum atomic E-state index is 11.2. The summed E-state index contributed by atoms with van der Waals surface area (Å²) in [6.07, 6.45) is 2.41. The first-order valence-electron chi connectivity index (χ1n) is 14.5. The van der Waals surface area contributed by atoms with E-state index in [0.717, 1.165) is 48.4 Å². The van der Waals surface area contributed by atoms with Crippen LogP contribution in [0.3, 0.4) is 0 Å². The number of piperidine rings is 2. The van der Waals surface area contributed by atoms with Crippen LogP contribution < -0.4 is 9.47 Å². The molecule has 2 aromatic carbocycles. The second kappa shape index (κ2) is 14.1. The first kappa shape index (κ1) is 32.0. The maximum Gasteiger partial charge on any atom is 0.335 e. The Balaban J connectivity index is 1.25. The quantitative estimate of drug-likeness (QED) is 0.250. The molecule has 0 aliphatic carbocycles. The minimum absolute atomic E-state index is 0.220. The predicted molar refractivity (Wildman–Crippen MR) is 158 cm³/mol. The fourth-order valence-electron chi connectivity index (χ4n) is 5.55. The number of likely N-dealkylation sites (tertiary alicyclic amines) is 2. The van der Waals surface area contributed by atoms with E-state index in [4.69, 9.17) is 21.1 Å². The Kier molecular flexibility index (Phi) is 10.7. The van der Waals surface area contributed by atoms with Crippen LogP contribution in [0.5, 0.6) is 11.5 Å². The van der Waals surface area contributed by atoms with Crippen molar-refractivity contribution >= 4 is 23.5 Å². The van der Waals surface area contributed by atoms with Gasteiger partial charge in [0.25, 0.3) is 0 Å². The van der Waals surface area contributed by atoms with Crippen molar-refractivity contribution in [1.29, 1.82) is 0 Å². The molecule has 4 rings (SSSR count). The molecule has 11 heteroatoms. The van der Waals surface area contributed by atoms with E-state index in [1.54, 1.807) is 0 Å². The Morgan fingerprint density at radius 3 is 1.67 bits per heavy atom. The van der Waals surface area contributed by atoms with Crippen LogP contribution in [-0.2, 0) is 9.59 Å². The zero-order valence-electron chi connectivity index (χ0n) is 24.1. The Labute approximate surface area is 251 Å². The van der Waals surface area contributed by atoms with Crippen molar-refractivity contribution in [2.24, 2.45) is 0 Å². The zero-order chi connectivity index (χ0) is 30.3. The van der Waals surface area contributed by atoms with Crippen LogP contribution in [0.25, 0.3) is 11.1 Å². The summed E-state index contributed by atoms with van der Waals surface area (Å²) in [4.78, 5) is 26.7. The lowest BCUT2D eigenvalue weighted by molar-refractivity contribution is -0.164. The normalized spacial score (nSPS) is 18.9. The van der Waals surface area contributed by atoms with Gasteiger partial charge < -0.3 is 39.7 Å². The van der Waals surface area contributed by atoms with E-state index >= 15 is 0 Å². The van der Waals surface area contributed by atoms with E-state index in [9.17, 15) is 30.0 Å². The number of aliphatic carboxylic acids is 2. The molecule has 0 amide bonds. The van der Waals surface area contributed by atoms with Gasteiger partial charge in [-0.15, -0.1) is 0 Å². The van der Waals surface area contributed by atoms with Crippen LogP contribution in [0.1, 0.15) is 44.1 Å². The Bertz CT molecular complexity index is 1140. The molecular formula is C31H41ClN2O8. The second-order valence-corrected chi connectivity index (χ2v) is 11.7. The number of hydrogen-bond donors (Lipinski definition) is 4. The summed E-state index contributed by atoms with van der Waals surface area (Å²) in [5.74, 6) is -0.937. The minimum Gasteiger partial charge on any atom is -0.493 e. The number of aliphatic hydroxyl groups is 2. The van der Waals surface area contributed by atoms with Gasteiger partial charge in [0.2, 0.25) is 0 Å². The van der Waals surface area contributed by atoms with E-state index in [2.05, 4.69) is 9.80 Å². The molecule has 4 N–H and O–H groups in total. The highest BCUT2D eigenvalue weighted by atomic mass is 35.5. The van der Waals surface area contributed by atoms with Crippen molar-refractivity contribution in [3.05, 3.63) is 47.0 Å². The van der Waals surface area contributed by atoms with Crippen molar-refractivity contribution in [3.8, 4) is 22.6 Å². The lowest BCUT2D eigenvalue weighted by Crippen LogP contribution is -2.49. The third kappa shape index (κ3) is 7.73. The minimum atomic E-state index is -1.62. The molecule has 10 nitrogen and oxygen atoms in total. The second-order valence-electron chi connectivity index (χ2n) is 11.3. The standard InChI is InChI=1S/C31H41ClN2O8/c1-22-23(6-2-8-25(22)41-20-4-14-33-16-10-30(39,11-17-33)28(35)36)24-7-3-9-26(27(24)32)42-21-5-15-34-18-12-31(40,13-19-34)29(37)38/h2-3,6-9,39-40H,4-5,10-21H2,1H3,(H,35,36)(H,37,38). The third-order valence-electron chi connectivity index (χ3n) is 8.45. The molecule has 42 heavy (non-hydrogen) atoms. The number of carboxylic acids is 2. The number of carboxylic acid groups (broad SMARTS) is 2. The molecule has 2 aliphatic heterocycles. The van der Waals surface area contributed by atoms with E-state index in [1.807, 2.05) is 43.3 Å². The topological polar surface area (TPSA) is 140 Å². The van der Waals surface area contributed by atoms with Crippen LogP contribution in [-0.4, -0.2) is 106 Å². The Hall–Kier alpha value is -2.89. The highest BCUT2D eigenvalue weighted by molar-refractivity contribution is 6.34. The molecule has 2 aromatic rings. The smallest absolute Gasteiger partial charge is 0.335 e. The van der Waals surface area contributed by atoms with Crippen molar-refractivity contribution in [1.82, 2.24) is 9.80 Å². The van der Waals surface area contributed by atoms with Crippen LogP contribution in [0.2, 0.25) is 5.02 Å². The predicted octanol–water partition coefficient (Wildman–Crippen LogP) is 3.68. The molecule has 2 fully saturated rings. The molecule has 0 radical (unpaired) electrons. The van der Waals surface area contributed by atoms with Crippen LogP contribution in [0, 0.1) is 6.92 Å². The summed E-state index contributed by atoms with van der Waals surface area (Å²) in [6, 6.07) is 11.6. The Morgan fingerprint density at radius 1 is 0.762 bits per heavy atom. The first-order valence-corrected chi connectivity index (χ1v) is 14.9. The van der Waals surface area contributed by atoms with E-state index in [-0.39, 0.29) is 25.7 Å². The van der Waals surface area contributed by atoms with Crippen molar-refractivity contribution < 1.29 is 39.5 Å². The summed E-state index contributed by atoms with van der Waals surface area (Å²) in [6.45, 7) is 6.63. The molecule has 0 bridgehead atoms. The van der Waals surface area contributed by atoms with Crippen molar-refractivity contribution in [2.75, 3.05) is 52.5 Å². The van der Waals surface area contributed by atoms with Gasteiger partial charge in [0.15, 0.2) is 11.2 Å². The summed E-state index contributed by atoms with van der Waals surface area (Å²) in [5, 5.41) is 39.1. The van der Waals surface area contributed by atoms with Gasteiger partial charge in [-0.25, -0.2) is 9.59 Å². The fraction of sp³-hybridized carbons (Fsp3) is 0.548. The molecule has 0 spiro atoms. The molecule has 230 valence electrons. The van der Waals surface area contributed by atoms with Gasteiger partial charge in [0.05, 0.1) is 18.2 Å². The number of hydrogen-bond acceptors (Lipinski definition) is 8. The highest BCUT2D eigenvalue weighted by Crippen LogP contribution is 2.39. The molecule has 2 saturated heterocycles. The van der Waals surface area contributed by atoms with E-state index in [1.165, 1.54) is 0 Å². The lowest BCUT2D eigenvalue weighted by Gasteiger charge is -2.35. The highest BCUT2D eigenvalue weighted by Gasteiger charge is 2.40. The van der Waals surface area contributed by atoms with Gasteiger partial charge in [-0.1, -0.05) is 35.9 Å². The van der Waals surface area contributed by atoms with Crippen LogP contribution in [0.4, 0.5) is 0 Å². The Morgan fingerprint density at radius 2 is 1.19 bits per heavy atom. The average Bonchev–Trinajstić information content (AvgIpc) is 2.97. The summed E-state index contributed by atoms with van der Waals surface area (Å²) >= 11 is 6.79. The number of halogens is 1. The molecule has 0 aromatic heterocycles. The number of carbonyl (C=O) groups is 2. The van der Waals surface area contributed by atoms with Crippen molar-refractivity contribution in [2.45, 2.75) is 56.7 Å². The largest absolute Gasteiger partial charge is 0.493 e. The summed E-state index contributed by atoms with van der Waals surface area (Å²) in [7, 11) is 0. The van der Waals surface area contributed by atoms with E-state index in [0.29, 0.717) is 50.2 Å². The molecule has 0 atom stereocenters. The monoisotopic (exact) mass is 604 g/mol. The molecule has 2 heterocycles. The summed E-state index contributed by atoms with van der Waals surface area (Å²) < 4.78 is 12.1. The summed E-state index contributed by atoms with van der Waals surface area (Å²) in [5.41, 5.74) is -0.463. The van der Waals surface area contributed by atoms with Gasteiger partial charge in [-0.2, -0.15) is 0 Å². The van der Waals surface area contributed by atoms with Crippen LogP contribution in [0.15, 0.2) is 36.4 Å². The number of benzene rings is 2. The molecule has 0 saturated carbocycles. The van der Waals surface area contributed by atoms with Gasteiger partial charge >= 0.3 is 11.9 Å². The SMILES string of the molecule is Cc1c(OCCCN2CCC(O)(C(=O)O)CC2)cccc1-c1cccc(OCCCN2CCC(O)(C(=O)O)CC2)c1Cl. The molecular weight excluding hydrogens is 564 g/mol. The average molecular weight is 605 g/mol. The van der Waals surface area contributed by atoms with Gasteiger partial charge in [-0.05, 0) is 68.7 Å². The molecule has 0 unspecified atom stereocenters. The lowest BCUT2D eigenvalue weighted by atomic mass is 9.91. The van der Waals surface area contributed by atoms with Crippen molar-refractivity contribution in [3.63, 3.8) is 0 Å². The number of nitrogens with zero attached hydrogens (tertiary/aromatic N) is 2. The third-order valence-corrected chi connectivity index (χ3v) is 8.84. The van der Waals surface area contributed by atoms with Crippen LogP contribution >= 0.6 is 11.6 Å². The van der Waals surface area contributed by atoms with E-state index < -0.39 is 23.1 Å². The van der Waals surface area contributed by atoms with Gasteiger partial charge in [0, 0.05) is 44.8 Å². The maximum absolute atomic E-state index is 11.2. The first-order chi connectivity index (χ1) is 20.0. The van der Waals surface area contributed by atoms with Gasteiger partial charge in [-0.3, -0.25) is 0 Å². The van der Waals surface area contributed by atoms with Gasteiger partial charge in [0.1, 0.15) is 11.5 Å². The fourth-order valence-corrected chi connectivity index (χ4v) is 5.84. The molecule has 2 aliphatic rings. The number of ether oxygens (including phenoxy) is 2. The zero-order valence-corrected chi connectivity index (χ0v) is 24.8. The number of rotatable bonds is 13.